The molecule has 0 unspecified atom stereocenters. The van der Waals surface area contributed by atoms with Gasteiger partial charge in [-0.25, -0.2) is 9.97 Å². The summed E-state index contributed by atoms with van der Waals surface area (Å²) in [5.41, 5.74) is 3.61. The summed E-state index contributed by atoms with van der Waals surface area (Å²) in [4.78, 5) is 21.0. The fraction of sp³-hybridized carbons (Fsp3) is 0.316. The molecule has 3 rings (SSSR count). The van der Waals surface area contributed by atoms with Gasteiger partial charge in [0.05, 0.1) is 5.69 Å². The van der Waals surface area contributed by atoms with Crippen molar-refractivity contribution in [3.05, 3.63) is 48.4 Å². The van der Waals surface area contributed by atoms with Crippen molar-refractivity contribution < 1.29 is 4.79 Å². The molecule has 124 valence electrons. The van der Waals surface area contributed by atoms with Crippen LogP contribution in [0.3, 0.4) is 0 Å². The Kier molecular flexibility index (Phi) is 4.09. The average Bonchev–Trinajstić information content (AvgIpc) is 2.91. The molecule has 2 aromatic heterocycles. The van der Waals surface area contributed by atoms with E-state index in [2.05, 4.69) is 36.1 Å². The number of amides is 1. The minimum atomic E-state index is -0.0388. The normalized spacial score (nSPS) is 11.7. The number of hydrogen-bond donors (Lipinski definition) is 1. The molecule has 24 heavy (non-hydrogen) atoms. The van der Waals surface area contributed by atoms with E-state index in [-0.39, 0.29) is 11.3 Å². The number of carbonyl (C=O) groups is 1. The molecule has 0 bridgehead atoms. The van der Waals surface area contributed by atoms with Crippen molar-refractivity contribution in [1.29, 1.82) is 0 Å². The molecule has 1 N–H and O–H groups in total. The fourth-order valence-electron chi connectivity index (χ4n) is 2.56. The second kappa shape index (κ2) is 6.07. The van der Waals surface area contributed by atoms with Gasteiger partial charge < -0.3 is 5.32 Å². The molecule has 0 atom stereocenters. The number of aromatic nitrogens is 3. The molecule has 0 saturated heterocycles. The number of imidazole rings is 1. The lowest BCUT2D eigenvalue weighted by atomic mass is 9.92. The van der Waals surface area contributed by atoms with E-state index in [1.54, 1.807) is 6.20 Å². The van der Waals surface area contributed by atoms with E-state index in [1.807, 2.05) is 48.0 Å². The number of hydrogen-bond acceptors (Lipinski definition) is 3. The van der Waals surface area contributed by atoms with Gasteiger partial charge in [-0.3, -0.25) is 9.20 Å². The van der Waals surface area contributed by atoms with E-state index in [0.29, 0.717) is 12.2 Å². The highest BCUT2D eigenvalue weighted by atomic mass is 16.1. The van der Waals surface area contributed by atoms with E-state index in [0.717, 1.165) is 22.5 Å². The Hall–Kier alpha value is -2.69. The second-order valence-corrected chi connectivity index (χ2v) is 7.27. The molecular formula is C19H22N4O. The summed E-state index contributed by atoms with van der Waals surface area (Å²) in [5.74, 6) is 0.686. The van der Waals surface area contributed by atoms with Crippen LogP contribution in [0.5, 0.6) is 0 Å². The molecule has 0 saturated carbocycles. The SMILES string of the molecule is Cc1ccc(-c2cn3cccnc3n2)cc1NC(=O)CC(C)(C)C. The lowest BCUT2D eigenvalue weighted by Crippen LogP contribution is -2.20. The Labute approximate surface area is 141 Å². The van der Waals surface area contributed by atoms with Gasteiger partial charge in [-0.05, 0) is 30.0 Å². The van der Waals surface area contributed by atoms with Gasteiger partial charge in [-0.15, -0.1) is 0 Å². The van der Waals surface area contributed by atoms with Crippen molar-refractivity contribution >= 4 is 17.4 Å². The smallest absolute Gasteiger partial charge is 0.234 e. The first-order chi connectivity index (χ1) is 11.3. The van der Waals surface area contributed by atoms with Gasteiger partial charge in [0.2, 0.25) is 11.7 Å². The van der Waals surface area contributed by atoms with Crippen LogP contribution in [0.25, 0.3) is 17.0 Å². The van der Waals surface area contributed by atoms with E-state index < -0.39 is 0 Å². The minimum Gasteiger partial charge on any atom is -0.326 e. The molecule has 0 aliphatic heterocycles. The number of carbonyl (C=O) groups excluding carboxylic acids is 1. The van der Waals surface area contributed by atoms with Crippen LogP contribution in [0.4, 0.5) is 5.69 Å². The average molecular weight is 322 g/mol. The van der Waals surface area contributed by atoms with E-state index in [4.69, 9.17) is 0 Å². The van der Waals surface area contributed by atoms with E-state index in [1.165, 1.54) is 0 Å². The summed E-state index contributed by atoms with van der Waals surface area (Å²) >= 11 is 0. The van der Waals surface area contributed by atoms with Gasteiger partial charge in [0.25, 0.3) is 0 Å². The van der Waals surface area contributed by atoms with Crippen LogP contribution in [0.1, 0.15) is 32.8 Å². The monoisotopic (exact) mass is 322 g/mol. The molecule has 5 nitrogen and oxygen atoms in total. The topological polar surface area (TPSA) is 59.3 Å². The molecular weight excluding hydrogens is 300 g/mol. The first-order valence-electron chi connectivity index (χ1n) is 8.02. The Morgan fingerprint density at radius 3 is 2.79 bits per heavy atom. The zero-order chi connectivity index (χ0) is 17.3. The summed E-state index contributed by atoms with van der Waals surface area (Å²) in [7, 11) is 0. The number of benzene rings is 1. The van der Waals surface area contributed by atoms with Gasteiger partial charge >= 0.3 is 0 Å². The van der Waals surface area contributed by atoms with Crippen LogP contribution >= 0.6 is 0 Å². The van der Waals surface area contributed by atoms with E-state index in [9.17, 15) is 4.79 Å². The number of nitrogens with one attached hydrogen (secondary N) is 1. The molecule has 0 aliphatic carbocycles. The third kappa shape index (κ3) is 3.62. The second-order valence-electron chi connectivity index (χ2n) is 7.27. The van der Waals surface area contributed by atoms with Crippen molar-refractivity contribution in [3.8, 4) is 11.3 Å². The van der Waals surface area contributed by atoms with Gasteiger partial charge in [0, 0.05) is 36.3 Å². The maximum atomic E-state index is 12.2. The summed E-state index contributed by atoms with van der Waals surface area (Å²) < 4.78 is 1.88. The first kappa shape index (κ1) is 16.2. The minimum absolute atomic E-state index is 0.0272. The number of aryl methyl sites for hydroxylation is 1. The summed E-state index contributed by atoms with van der Waals surface area (Å²) in [5, 5.41) is 3.02. The summed E-state index contributed by atoms with van der Waals surface area (Å²) in [6.45, 7) is 8.15. The number of fused-ring (bicyclic) bond motifs is 1. The van der Waals surface area contributed by atoms with Crippen molar-refractivity contribution in [2.45, 2.75) is 34.1 Å². The Morgan fingerprint density at radius 2 is 2.08 bits per heavy atom. The van der Waals surface area contributed by atoms with Crippen molar-refractivity contribution in [2.75, 3.05) is 5.32 Å². The predicted octanol–water partition coefficient (Wildman–Crippen LogP) is 4.08. The van der Waals surface area contributed by atoms with Crippen LogP contribution < -0.4 is 5.32 Å². The number of anilines is 1. The molecule has 1 aromatic carbocycles. The lowest BCUT2D eigenvalue weighted by molar-refractivity contribution is -0.117. The summed E-state index contributed by atoms with van der Waals surface area (Å²) in [6.07, 6.45) is 6.06. The highest BCUT2D eigenvalue weighted by Gasteiger charge is 2.17. The molecule has 3 aromatic rings. The quantitative estimate of drug-likeness (QED) is 0.790. The number of nitrogens with zero attached hydrogens (tertiary/aromatic N) is 3. The maximum absolute atomic E-state index is 12.2. The standard InChI is InChI=1S/C19H22N4O/c1-13-6-7-14(10-15(13)21-17(24)11-19(2,3)4)16-12-23-9-5-8-20-18(23)22-16/h5-10,12H,11H2,1-4H3,(H,21,24). The Morgan fingerprint density at radius 1 is 1.29 bits per heavy atom. The molecule has 0 fully saturated rings. The van der Waals surface area contributed by atoms with Crippen LogP contribution in [0, 0.1) is 12.3 Å². The zero-order valence-corrected chi connectivity index (χ0v) is 14.5. The molecule has 2 heterocycles. The third-order valence-corrected chi connectivity index (χ3v) is 3.73. The van der Waals surface area contributed by atoms with Crippen molar-refractivity contribution in [1.82, 2.24) is 14.4 Å². The summed E-state index contributed by atoms with van der Waals surface area (Å²) in [6, 6.07) is 7.85. The van der Waals surface area contributed by atoms with Gasteiger partial charge in [0.1, 0.15) is 0 Å². The molecule has 0 aliphatic rings. The predicted molar refractivity (Wildman–Crippen MR) is 95.9 cm³/mol. The highest BCUT2D eigenvalue weighted by molar-refractivity contribution is 5.92. The van der Waals surface area contributed by atoms with Gasteiger partial charge in [-0.1, -0.05) is 32.9 Å². The lowest BCUT2D eigenvalue weighted by Gasteiger charge is -2.18. The number of rotatable bonds is 3. The highest BCUT2D eigenvalue weighted by Crippen LogP contribution is 2.26. The van der Waals surface area contributed by atoms with Crippen LogP contribution in [-0.2, 0) is 4.79 Å². The fourth-order valence-corrected chi connectivity index (χ4v) is 2.56. The Bertz CT molecular complexity index is 857. The molecule has 1 amide bonds. The molecule has 0 radical (unpaired) electrons. The van der Waals surface area contributed by atoms with Gasteiger partial charge in [0.15, 0.2) is 0 Å². The van der Waals surface area contributed by atoms with Crippen molar-refractivity contribution in [2.24, 2.45) is 5.41 Å². The first-order valence-corrected chi connectivity index (χ1v) is 8.02. The third-order valence-electron chi connectivity index (χ3n) is 3.73. The van der Waals surface area contributed by atoms with Gasteiger partial charge in [-0.2, -0.15) is 0 Å². The van der Waals surface area contributed by atoms with Crippen LogP contribution in [0.2, 0.25) is 0 Å². The molecule has 0 spiro atoms. The Balaban J connectivity index is 1.89. The largest absolute Gasteiger partial charge is 0.326 e. The van der Waals surface area contributed by atoms with Crippen molar-refractivity contribution in [3.63, 3.8) is 0 Å². The maximum Gasteiger partial charge on any atom is 0.234 e. The zero-order valence-electron chi connectivity index (χ0n) is 14.5. The van der Waals surface area contributed by atoms with Crippen LogP contribution in [0.15, 0.2) is 42.9 Å². The van der Waals surface area contributed by atoms with Crippen LogP contribution in [-0.4, -0.2) is 20.3 Å². The molecule has 5 heteroatoms. The van der Waals surface area contributed by atoms with E-state index >= 15 is 0 Å².